The molecule has 6 rings (SSSR count). The van der Waals surface area contributed by atoms with E-state index in [1.807, 2.05) is 34.1 Å². The van der Waals surface area contributed by atoms with Crippen molar-refractivity contribution in [2.75, 3.05) is 63.1 Å². The number of benzene rings is 2. The third-order valence-electron chi connectivity index (χ3n) is 9.16. The number of hydrogen-bond acceptors (Lipinski definition) is 6. The van der Waals surface area contributed by atoms with Gasteiger partial charge in [-0.3, -0.25) is 9.59 Å². The largest absolute Gasteiger partial charge is 0.369 e. The predicted octanol–water partition coefficient (Wildman–Crippen LogP) is 5.10. The minimum Gasteiger partial charge on any atom is -0.369 e. The molecule has 4 amide bonds. The summed E-state index contributed by atoms with van der Waals surface area (Å²) in [5.41, 5.74) is 4.38. The molecule has 3 fully saturated rings. The van der Waals surface area contributed by atoms with Gasteiger partial charge in [-0.1, -0.05) is 64.6 Å². The zero-order valence-electron chi connectivity index (χ0n) is 25.8. The van der Waals surface area contributed by atoms with E-state index in [0.717, 1.165) is 49.4 Å². The number of rotatable bonds is 7. The van der Waals surface area contributed by atoms with Crippen LogP contribution >= 0.6 is 11.8 Å². The van der Waals surface area contributed by atoms with Gasteiger partial charge >= 0.3 is 6.03 Å². The van der Waals surface area contributed by atoms with E-state index in [9.17, 15) is 14.4 Å². The van der Waals surface area contributed by atoms with Gasteiger partial charge in [0.2, 0.25) is 11.8 Å². The lowest BCUT2D eigenvalue weighted by Crippen LogP contribution is -2.63. The van der Waals surface area contributed by atoms with E-state index in [4.69, 9.17) is 0 Å². The lowest BCUT2D eigenvalue weighted by atomic mass is 9.92. The number of thioether (sulfide) groups is 1. The molecule has 0 radical (unpaired) electrons. The van der Waals surface area contributed by atoms with Crippen molar-refractivity contribution >= 4 is 41.0 Å². The Morgan fingerprint density at radius 3 is 2.39 bits per heavy atom. The molecule has 0 spiro atoms. The summed E-state index contributed by atoms with van der Waals surface area (Å²) in [5.74, 6) is 0.0496. The number of amides is 4. The third-order valence-corrected chi connectivity index (χ3v) is 10.6. The van der Waals surface area contributed by atoms with Gasteiger partial charge in [-0.25, -0.2) is 4.79 Å². The topological polar surface area (TPSA) is 79.4 Å². The Morgan fingerprint density at radius 1 is 0.977 bits per heavy atom. The number of carbonyl (C=O) groups excluding carboxylic acids is 3. The maximum absolute atomic E-state index is 13.9. The van der Waals surface area contributed by atoms with Gasteiger partial charge in [0.05, 0.1) is 11.3 Å². The lowest BCUT2D eigenvalue weighted by molar-refractivity contribution is -0.140. The number of urea groups is 1. The molecular formula is C34H48N6O3S. The highest BCUT2D eigenvalue weighted by atomic mass is 32.2. The maximum Gasteiger partial charge on any atom is 0.322 e. The molecule has 44 heavy (non-hydrogen) atoms. The maximum atomic E-state index is 13.9. The van der Waals surface area contributed by atoms with Gasteiger partial charge in [0.1, 0.15) is 5.37 Å². The lowest BCUT2D eigenvalue weighted by Gasteiger charge is -2.46. The summed E-state index contributed by atoms with van der Waals surface area (Å²) in [4.78, 5) is 50.6. The fourth-order valence-electron chi connectivity index (χ4n) is 6.34. The van der Waals surface area contributed by atoms with Gasteiger partial charge in [-0.05, 0) is 36.6 Å². The minimum atomic E-state index is -0.415. The first-order chi connectivity index (χ1) is 20.6. The van der Waals surface area contributed by atoms with Gasteiger partial charge in [0.15, 0.2) is 0 Å². The molecule has 4 aliphatic rings. The standard InChI is InChI=1S/C33H44N6O3S.CH4/c1-33(2,3)13-14-38-30(41)28(43-31(38)25-10-6-8-12-27(25)36-17-15-35(4)16-18-36)19-29(40)37-21-24(22-37)39-20-23-9-5-7-11-26(23)34-32(39)42;/h5-12,24,28,31H,13-22H2,1-4H3,(H,34,42);1H4. The van der Waals surface area contributed by atoms with E-state index in [-0.39, 0.29) is 48.5 Å². The van der Waals surface area contributed by atoms with E-state index < -0.39 is 5.25 Å². The second-order valence-electron chi connectivity index (χ2n) is 13.5. The monoisotopic (exact) mass is 620 g/mol. The zero-order chi connectivity index (χ0) is 30.3. The Hall–Kier alpha value is -3.24. The molecule has 4 aliphatic heterocycles. The highest BCUT2D eigenvalue weighted by Gasteiger charge is 2.45. The van der Waals surface area contributed by atoms with Crippen molar-refractivity contribution in [3.05, 3.63) is 59.7 Å². The van der Waals surface area contributed by atoms with Gasteiger partial charge in [-0.2, -0.15) is 0 Å². The van der Waals surface area contributed by atoms with Crippen LogP contribution in [-0.4, -0.2) is 102 Å². The van der Waals surface area contributed by atoms with Crippen molar-refractivity contribution < 1.29 is 14.4 Å². The van der Waals surface area contributed by atoms with Crippen LogP contribution in [0.4, 0.5) is 16.2 Å². The molecule has 2 atom stereocenters. The van der Waals surface area contributed by atoms with E-state index in [2.05, 4.69) is 67.2 Å². The van der Waals surface area contributed by atoms with Crippen molar-refractivity contribution in [3.8, 4) is 0 Å². The highest BCUT2D eigenvalue weighted by Crippen LogP contribution is 2.48. The van der Waals surface area contributed by atoms with E-state index in [0.29, 0.717) is 26.2 Å². The fraction of sp³-hybridized carbons (Fsp3) is 0.559. The average Bonchev–Trinajstić information content (AvgIpc) is 3.25. The van der Waals surface area contributed by atoms with Crippen LogP contribution in [0.25, 0.3) is 0 Å². The Kier molecular flexibility index (Phi) is 9.51. The number of fused-ring (bicyclic) bond motifs is 1. The number of anilines is 2. The van der Waals surface area contributed by atoms with Gasteiger partial charge in [-0.15, -0.1) is 11.8 Å². The molecule has 238 valence electrons. The molecule has 1 N–H and O–H groups in total. The molecule has 4 heterocycles. The molecule has 9 nitrogen and oxygen atoms in total. The van der Waals surface area contributed by atoms with Crippen LogP contribution in [0.3, 0.4) is 0 Å². The molecule has 0 aliphatic carbocycles. The third kappa shape index (κ3) is 6.71. The summed E-state index contributed by atoms with van der Waals surface area (Å²) in [6.45, 7) is 12.8. The quantitative estimate of drug-likeness (QED) is 0.464. The van der Waals surface area contributed by atoms with Crippen LogP contribution < -0.4 is 10.2 Å². The molecule has 2 aromatic carbocycles. The number of likely N-dealkylation sites (N-methyl/N-ethyl adjacent to an activating group) is 1. The Morgan fingerprint density at radius 2 is 1.66 bits per heavy atom. The molecule has 2 unspecified atom stereocenters. The van der Waals surface area contributed by atoms with Gasteiger partial charge < -0.3 is 29.8 Å². The van der Waals surface area contributed by atoms with Crippen molar-refractivity contribution in [1.82, 2.24) is 19.6 Å². The molecule has 0 aromatic heterocycles. The predicted molar refractivity (Wildman–Crippen MR) is 179 cm³/mol. The molecule has 0 bridgehead atoms. The Labute approximate surface area is 266 Å². The summed E-state index contributed by atoms with van der Waals surface area (Å²) in [6.07, 6.45) is 1.08. The van der Waals surface area contributed by atoms with E-state index >= 15 is 0 Å². The SMILES string of the molecule is C.CN1CCN(c2ccccc2C2SC(CC(=O)N3CC(N4Cc5ccccc5NC4=O)C3)C(=O)N2CCC(C)(C)C)CC1. The van der Waals surface area contributed by atoms with Crippen molar-refractivity contribution in [2.45, 2.75) is 64.2 Å². The fourth-order valence-corrected chi connectivity index (χ4v) is 7.84. The number of piperazine rings is 1. The number of para-hydroxylation sites is 2. The molecule has 3 saturated heterocycles. The van der Waals surface area contributed by atoms with Crippen LogP contribution in [0.2, 0.25) is 0 Å². The van der Waals surface area contributed by atoms with Crippen LogP contribution in [0.15, 0.2) is 48.5 Å². The first-order valence-corrected chi connectivity index (χ1v) is 16.4. The van der Waals surface area contributed by atoms with Gasteiger partial charge in [0, 0.05) is 75.7 Å². The average molecular weight is 621 g/mol. The number of nitrogens with zero attached hydrogens (tertiary/aromatic N) is 5. The second-order valence-corrected chi connectivity index (χ2v) is 14.8. The summed E-state index contributed by atoms with van der Waals surface area (Å²) in [6, 6.07) is 16.2. The van der Waals surface area contributed by atoms with Crippen LogP contribution in [-0.2, 0) is 16.1 Å². The molecule has 2 aromatic rings. The Bertz CT molecular complexity index is 1360. The number of likely N-dealkylation sites (tertiary alicyclic amines) is 1. The van der Waals surface area contributed by atoms with Crippen molar-refractivity contribution in [1.29, 1.82) is 0 Å². The van der Waals surface area contributed by atoms with E-state index in [1.54, 1.807) is 16.7 Å². The van der Waals surface area contributed by atoms with Crippen LogP contribution in [0.5, 0.6) is 0 Å². The summed E-state index contributed by atoms with van der Waals surface area (Å²) >= 11 is 1.63. The summed E-state index contributed by atoms with van der Waals surface area (Å²) in [5, 5.41) is 2.43. The van der Waals surface area contributed by atoms with Gasteiger partial charge in [0.25, 0.3) is 0 Å². The summed E-state index contributed by atoms with van der Waals surface area (Å²) < 4.78 is 0. The normalized spacial score (nSPS) is 22.8. The first-order valence-electron chi connectivity index (χ1n) is 15.5. The molecule has 10 heteroatoms. The van der Waals surface area contributed by atoms with Crippen LogP contribution in [0, 0.1) is 5.41 Å². The summed E-state index contributed by atoms with van der Waals surface area (Å²) in [7, 11) is 2.16. The zero-order valence-corrected chi connectivity index (χ0v) is 26.6. The smallest absolute Gasteiger partial charge is 0.322 e. The first kappa shape index (κ1) is 32.2. The molecular weight excluding hydrogens is 572 g/mol. The Balaban J connectivity index is 0.00000384. The number of hydrogen-bond donors (Lipinski definition) is 1. The minimum absolute atomic E-state index is 0. The number of nitrogens with one attached hydrogen (secondary N) is 1. The highest BCUT2D eigenvalue weighted by molar-refractivity contribution is 8.01. The van der Waals surface area contributed by atoms with Crippen LogP contribution in [0.1, 0.15) is 57.5 Å². The number of carbonyl (C=O) groups is 3. The second kappa shape index (κ2) is 13.0. The van der Waals surface area contributed by atoms with Crippen molar-refractivity contribution in [3.63, 3.8) is 0 Å². The van der Waals surface area contributed by atoms with E-state index in [1.165, 1.54) is 5.69 Å². The van der Waals surface area contributed by atoms with Crippen molar-refractivity contribution in [2.24, 2.45) is 5.41 Å². The molecule has 0 saturated carbocycles.